The maximum Gasteiger partial charge on any atom is 0.118 e. The van der Waals surface area contributed by atoms with Crippen LogP contribution in [0.3, 0.4) is 0 Å². The Morgan fingerprint density at radius 3 is 1.46 bits per heavy atom. The average molecular weight is 349 g/mol. The Balaban J connectivity index is 0.000000150. The summed E-state index contributed by atoms with van der Waals surface area (Å²) in [5.41, 5.74) is 0.654. The summed E-state index contributed by atoms with van der Waals surface area (Å²) in [5.74, 6) is 0.777. The predicted molar refractivity (Wildman–Crippen MR) is 98.8 cm³/mol. The van der Waals surface area contributed by atoms with Crippen molar-refractivity contribution in [3.8, 4) is 11.8 Å². The molecule has 0 amide bonds. The SMILES string of the molecule is COc1ccc(C#N)cc1.c1ccc2c(c1)Sc1ccccc1S2. The highest BCUT2D eigenvalue weighted by Gasteiger charge is 2.14. The first kappa shape index (κ1) is 16.5. The lowest BCUT2D eigenvalue weighted by Crippen LogP contribution is -1.87. The Hall–Kier alpha value is -2.35. The molecule has 4 heteroatoms. The Bertz CT molecular complexity index is 782. The maximum atomic E-state index is 8.41. The van der Waals surface area contributed by atoms with Gasteiger partial charge in [-0.2, -0.15) is 5.26 Å². The van der Waals surface area contributed by atoms with E-state index in [9.17, 15) is 0 Å². The molecule has 4 rings (SSSR count). The fourth-order valence-corrected chi connectivity index (χ4v) is 4.37. The van der Waals surface area contributed by atoms with Crippen LogP contribution in [-0.2, 0) is 0 Å². The first-order chi connectivity index (χ1) is 11.8. The van der Waals surface area contributed by atoms with Gasteiger partial charge in [-0.3, -0.25) is 0 Å². The lowest BCUT2D eigenvalue weighted by molar-refractivity contribution is 0.415. The number of rotatable bonds is 1. The van der Waals surface area contributed by atoms with Gasteiger partial charge in [-0.15, -0.1) is 0 Å². The normalized spacial score (nSPS) is 11.2. The second kappa shape index (κ2) is 7.96. The van der Waals surface area contributed by atoms with Gasteiger partial charge in [0.15, 0.2) is 0 Å². The first-order valence-electron chi connectivity index (χ1n) is 7.38. The van der Waals surface area contributed by atoms with Gasteiger partial charge in [0.25, 0.3) is 0 Å². The van der Waals surface area contributed by atoms with Crippen LogP contribution >= 0.6 is 23.5 Å². The first-order valence-corrected chi connectivity index (χ1v) is 9.01. The molecule has 118 valence electrons. The van der Waals surface area contributed by atoms with E-state index in [4.69, 9.17) is 10.00 Å². The van der Waals surface area contributed by atoms with Crippen LogP contribution in [0.15, 0.2) is 92.4 Å². The van der Waals surface area contributed by atoms with Gasteiger partial charge in [0.05, 0.1) is 18.7 Å². The van der Waals surface area contributed by atoms with Crippen LogP contribution < -0.4 is 4.74 Å². The van der Waals surface area contributed by atoms with E-state index in [1.54, 1.807) is 31.4 Å². The minimum absolute atomic E-state index is 0.654. The van der Waals surface area contributed by atoms with E-state index in [0.29, 0.717) is 5.56 Å². The van der Waals surface area contributed by atoms with E-state index >= 15 is 0 Å². The number of fused-ring (bicyclic) bond motifs is 2. The molecule has 24 heavy (non-hydrogen) atoms. The molecule has 0 saturated carbocycles. The van der Waals surface area contributed by atoms with Crippen molar-refractivity contribution in [1.29, 1.82) is 5.26 Å². The Morgan fingerprint density at radius 1 is 0.708 bits per heavy atom. The van der Waals surface area contributed by atoms with Crippen molar-refractivity contribution in [3.63, 3.8) is 0 Å². The molecule has 0 spiro atoms. The molecular weight excluding hydrogens is 334 g/mol. The molecule has 1 aliphatic rings. The largest absolute Gasteiger partial charge is 0.497 e. The van der Waals surface area contributed by atoms with Crippen LogP contribution in [0, 0.1) is 11.3 Å². The van der Waals surface area contributed by atoms with Crippen molar-refractivity contribution in [2.75, 3.05) is 7.11 Å². The van der Waals surface area contributed by atoms with Gasteiger partial charge < -0.3 is 4.74 Å². The topological polar surface area (TPSA) is 33.0 Å². The van der Waals surface area contributed by atoms with E-state index < -0.39 is 0 Å². The Morgan fingerprint density at radius 2 is 1.12 bits per heavy atom. The second-order valence-corrected chi connectivity index (χ2v) is 7.11. The summed E-state index contributed by atoms with van der Waals surface area (Å²) in [6, 6.07) is 26.1. The van der Waals surface area contributed by atoms with Gasteiger partial charge in [-0.05, 0) is 48.5 Å². The molecule has 0 fully saturated rings. The van der Waals surface area contributed by atoms with Crippen molar-refractivity contribution in [2.24, 2.45) is 0 Å². The number of nitriles is 1. The van der Waals surface area contributed by atoms with Gasteiger partial charge in [0.2, 0.25) is 0 Å². The standard InChI is InChI=1S/C12H8S2.C8H7NO/c1-2-6-10-9(5-1)13-11-7-3-4-8-12(11)14-10;1-10-8-4-2-7(6-9)3-5-8/h1-8H;2-5H,1H3. The molecule has 0 saturated heterocycles. The molecule has 2 nitrogen and oxygen atoms in total. The van der Waals surface area contributed by atoms with Crippen LogP contribution in [0.5, 0.6) is 5.75 Å². The summed E-state index contributed by atoms with van der Waals surface area (Å²) in [7, 11) is 1.60. The molecule has 0 bridgehead atoms. The minimum atomic E-state index is 0.654. The summed E-state index contributed by atoms with van der Waals surface area (Å²) in [6.45, 7) is 0. The average Bonchev–Trinajstić information content (AvgIpc) is 2.67. The number of nitrogens with zero attached hydrogens (tertiary/aromatic N) is 1. The van der Waals surface area contributed by atoms with Crippen molar-refractivity contribution in [1.82, 2.24) is 0 Å². The minimum Gasteiger partial charge on any atom is -0.497 e. The van der Waals surface area contributed by atoms with Crippen LogP contribution in [0.1, 0.15) is 5.56 Å². The lowest BCUT2D eigenvalue weighted by Gasteiger charge is -2.17. The zero-order chi connectivity index (χ0) is 16.8. The number of hydrogen-bond donors (Lipinski definition) is 0. The molecule has 0 aromatic heterocycles. The fraction of sp³-hybridized carbons (Fsp3) is 0.0500. The summed E-state index contributed by atoms with van der Waals surface area (Å²) >= 11 is 3.72. The highest BCUT2D eigenvalue weighted by atomic mass is 32.2. The quantitative estimate of drug-likeness (QED) is 0.430. The maximum absolute atomic E-state index is 8.41. The van der Waals surface area contributed by atoms with E-state index in [-0.39, 0.29) is 0 Å². The molecule has 3 aromatic rings. The number of hydrogen-bond acceptors (Lipinski definition) is 4. The van der Waals surface area contributed by atoms with Crippen LogP contribution in [0.4, 0.5) is 0 Å². The van der Waals surface area contributed by atoms with Gasteiger partial charge in [-0.1, -0.05) is 47.8 Å². The zero-order valence-electron chi connectivity index (χ0n) is 13.1. The van der Waals surface area contributed by atoms with Gasteiger partial charge in [-0.25, -0.2) is 0 Å². The van der Waals surface area contributed by atoms with E-state index in [0.717, 1.165) is 5.75 Å². The van der Waals surface area contributed by atoms with Crippen molar-refractivity contribution in [2.45, 2.75) is 19.6 Å². The molecule has 0 atom stereocenters. The molecule has 1 aliphatic heterocycles. The third-order valence-electron chi connectivity index (χ3n) is 3.36. The summed E-state index contributed by atoms with van der Waals surface area (Å²) in [4.78, 5) is 5.49. The number of ether oxygens (including phenoxy) is 1. The van der Waals surface area contributed by atoms with Gasteiger partial charge in [0, 0.05) is 19.6 Å². The number of benzene rings is 3. The Kier molecular flexibility index (Phi) is 5.47. The molecular formula is C20H15NOS2. The second-order valence-electron chi connectivity index (χ2n) is 4.94. The zero-order valence-corrected chi connectivity index (χ0v) is 14.7. The van der Waals surface area contributed by atoms with Crippen molar-refractivity contribution >= 4 is 23.5 Å². The van der Waals surface area contributed by atoms with Crippen molar-refractivity contribution in [3.05, 3.63) is 78.4 Å². The molecule has 0 unspecified atom stereocenters. The number of methoxy groups -OCH3 is 1. The predicted octanol–water partition coefficient (Wildman–Crippen LogP) is 5.87. The Labute approximate surface area is 150 Å². The lowest BCUT2D eigenvalue weighted by atomic mass is 10.2. The van der Waals surface area contributed by atoms with Crippen LogP contribution in [-0.4, -0.2) is 7.11 Å². The summed E-state index contributed by atoms with van der Waals surface area (Å²) in [5, 5.41) is 8.41. The van der Waals surface area contributed by atoms with Crippen LogP contribution in [0.2, 0.25) is 0 Å². The molecule has 0 aliphatic carbocycles. The van der Waals surface area contributed by atoms with Gasteiger partial charge in [0.1, 0.15) is 5.75 Å². The molecule has 0 radical (unpaired) electrons. The third kappa shape index (κ3) is 3.94. The highest BCUT2D eigenvalue weighted by molar-refractivity contribution is 8.05. The smallest absolute Gasteiger partial charge is 0.118 e. The monoisotopic (exact) mass is 349 g/mol. The van der Waals surface area contributed by atoms with E-state index in [1.165, 1.54) is 19.6 Å². The third-order valence-corrected chi connectivity index (χ3v) is 5.92. The van der Waals surface area contributed by atoms with Crippen molar-refractivity contribution < 1.29 is 4.74 Å². The highest BCUT2D eigenvalue weighted by Crippen LogP contribution is 2.47. The molecule has 1 heterocycles. The fourth-order valence-electron chi connectivity index (χ4n) is 2.14. The van der Waals surface area contributed by atoms with E-state index in [1.807, 2.05) is 29.6 Å². The summed E-state index contributed by atoms with van der Waals surface area (Å²) in [6.07, 6.45) is 0. The molecule has 0 N–H and O–H groups in total. The summed E-state index contributed by atoms with van der Waals surface area (Å²) < 4.78 is 4.90. The molecule has 3 aromatic carbocycles. The van der Waals surface area contributed by atoms with E-state index in [2.05, 4.69) is 48.5 Å². The van der Waals surface area contributed by atoms with Crippen LogP contribution in [0.25, 0.3) is 0 Å². The van der Waals surface area contributed by atoms with Gasteiger partial charge >= 0.3 is 0 Å².